The van der Waals surface area contributed by atoms with Crippen molar-refractivity contribution in [2.75, 3.05) is 0 Å². The van der Waals surface area contributed by atoms with Gasteiger partial charge in [-0.1, -0.05) is 60.7 Å². The first-order chi connectivity index (χ1) is 11.4. The zero-order valence-corrected chi connectivity index (χ0v) is 14.4. The molecule has 0 aliphatic carbocycles. The van der Waals surface area contributed by atoms with Gasteiger partial charge in [-0.15, -0.1) is 0 Å². The molecule has 0 spiro atoms. The third-order valence-corrected chi connectivity index (χ3v) is 5.90. The number of fused-ring (bicyclic) bond motifs is 4. The Bertz CT molecular complexity index is 988. The van der Waals surface area contributed by atoms with Crippen LogP contribution in [0.4, 0.5) is 0 Å². The molecule has 1 aromatic heterocycles. The monoisotopic (exact) mass is 360 g/mol. The van der Waals surface area contributed by atoms with Crippen LogP contribution >= 0.6 is 0 Å². The minimum atomic E-state index is 0.622. The molecule has 1 heteroatoms. The summed E-state index contributed by atoms with van der Waals surface area (Å²) in [5, 5.41) is 6.71. The van der Waals surface area contributed by atoms with Gasteiger partial charge in [-0.25, -0.2) is 0 Å². The van der Waals surface area contributed by atoms with E-state index < -0.39 is 0 Å². The maximum atomic E-state index is 2.26. The van der Waals surface area contributed by atoms with E-state index in [9.17, 15) is 0 Å². The molecule has 0 atom stereocenters. The fourth-order valence-electron chi connectivity index (χ4n) is 2.86. The first-order valence-corrected chi connectivity index (χ1v) is 9.55. The molecule has 23 heavy (non-hydrogen) atoms. The van der Waals surface area contributed by atoms with E-state index >= 15 is 0 Å². The van der Waals surface area contributed by atoms with Crippen LogP contribution in [0.2, 0.25) is 0 Å². The standard InChI is InChI=1S/C14H10.C8H6Se/c1-3-7-13-11(5-1)9-10-12-6-2-4-8-14(12)13;1-2-4-8-7(3-1)5-6-9-8/h1-10H;1-6H. The molecule has 0 radical (unpaired) electrons. The van der Waals surface area contributed by atoms with Crippen LogP contribution in [-0.2, 0) is 0 Å². The smallest absolute Gasteiger partial charge is 0.0105 e. The van der Waals surface area contributed by atoms with Gasteiger partial charge in [0.2, 0.25) is 0 Å². The van der Waals surface area contributed by atoms with Crippen molar-refractivity contribution in [1.29, 1.82) is 0 Å². The second-order valence-corrected chi connectivity index (χ2v) is 7.45. The van der Waals surface area contributed by atoms with Gasteiger partial charge in [-0.05, 0) is 21.5 Å². The minimum Gasteiger partial charge on any atom is -0.0616 e. The molecular formula is C22H16Se. The molecule has 0 amide bonds. The zero-order valence-electron chi connectivity index (χ0n) is 12.6. The summed E-state index contributed by atoms with van der Waals surface area (Å²) in [5.74, 6) is 0. The van der Waals surface area contributed by atoms with Gasteiger partial charge < -0.3 is 0 Å². The molecule has 0 aliphatic heterocycles. The Kier molecular flexibility index (Phi) is 3.98. The first kappa shape index (κ1) is 14.3. The van der Waals surface area contributed by atoms with Crippen LogP contribution in [0, 0.1) is 0 Å². The molecule has 0 nitrogen and oxygen atoms in total. The minimum absolute atomic E-state index is 0.622. The molecule has 0 aliphatic rings. The fourth-order valence-corrected chi connectivity index (χ4v) is 4.52. The van der Waals surface area contributed by atoms with Crippen molar-refractivity contribution in [3.63, 3.8) is 0 Å². The summed E-state index contributed by atoms with van der Waals surface area (Å²) >= 11 is 0.622. The van der Waals surface area contributed by atoms with Crippen LogP contribution in [0.1, 0.15) is 0 Å². The largest absolute Gasteiger partial charge is 0.0616 e. The summed E-state index contributed by atoms with van der Waals surface area (Å²) in [4.78, 5) is 2.26. The van der Waals surface area contributed by atoms with Crippen LogP contribution < -0.4 is 0 Å². The van der Waals surface area contributed by atoms with Crippen LogP contribution in [0.25, 0.3) is 31.2 Å². The SMILES string of the molecule is c1ccc2[se]ccc2c1.c1ccc2c(c1)ccc1ccccc12. The van der Waals surface area contributed by atoms with Gasteiger partial charge in [0, 0.05) is 0 Å². The summed E-state index contributed by atoms with van der Waals surface area (Å²) in [6, 6.07) is 32.1. The second kappa shape index (κ2) is 6.42. The van der Waals surface area contributed by atoms with Crippen molar-refractivity contribution in [2.24, 2.45) is 0 Å². The predicted octanol–water partition coefficient (Wildman–Crippen LogP) is 5.89. The molecule has 1 heterocycles. The van der Waals surface area contributed by atoms with E-state index in [1.165, 1.54) is 31.2 Å². The van der Waals surface area contributed by atoms with Gasteiger partial charge >= 0.3 is 59.4 Å². The van der Waals surface area contributed by atoms with Crippen molar-refractivity contribution >= 4 is 45.7 Å². The van der Waals surface area contributed by atoms with Crippen molar-refractivity contribution in [2.45, 2.75) is 0 Å². The maximum absolute atomic E-state index is 2.26. The summed E-state index contributed by atoms with van der Waals surface area (Å²) in [7, 11) is 0. The average molecular weight is 359 g/mol. The van der Waals surface area contributed by atoms with Crippen molar-refractivity contribution < 1.29 is 0 Å². The second-order valence-electron chi connectivity index (χ2n) is 5.47. The van der Waals surface area contributed by atoms with Crippen molar-refractivity contribution in [3.05, 3.63) is 95.9 Å². The molecule has 5 aromatic rings. The third kappa shape index (κ3) is 2.94. The quantitative estimate of drug-likeness (QED) is 0.239. The Labute approximate surface area is 141 Å². The molecule has 0 N–H and O–H groups in total. The number of hydrogen-bond acceptors (Lipinski definition) is 0. The molecule has 0 saturated heterocycles. The molecule has 0 fully saturated rings. The summed E-state index contributed by atoms with van der Waals surface area (Å²) in [6.07, 6.45) is 0. The van der Waals surface area contributed by atoms with E-state index in [1.807, 2.05) is 0 Å². The molecule has 110 valence electrons. The predicted molar refractivity (Wildman–Crippen MR) is 102 cm³/mol. The molecule has 4 aromatic carbocycles. The Hall–Kier alpha value is -2.34. The molecule has 0 unspecified atom stereocenters. The molecule has 0 saturated carbocycles. The van der Waals surface area contributed by atoms with Gasteiger partial charge in [0.1, 0.15) is 0 Å². The van der Waals surface area contributed by atoms with Gasteiger partial charge in [-0.2, -0.15) is 0 Å². The summed E-state index contributed by atoms with van der Waals surface area (Å²) in [6.45, 7) is 0. The van der Waals surface area contributed by atoms with Crippen LogP contribution in [0.3, 0.4) is 0 Å². The van der Waals surface area contributed by atoms with E-state index in [2.05, 4.69) is 95.9 Å². The maximum Gasteiger partial charge on any atom is -0.0105 e. The number of benzene rings is 4. The zero-order chi connectivity index (χ0) is 15.5. The van der Waals surface area contributed by atoms with Crippen LogP contribution in [0.15, 0.2) is 95.9 Å². The summed E-state index contributed by atoms with van der Waals surface area (Å²) < 4.78 is 1.52. The average Bonchev–Trinajstić information content (AvgIpc) is 3.11. The van der Waals surface area contributed by atoms with E-state index in [0.29, 0.717) is 14.5 Å². The fraction of sp³-hybridized carbons (Fsp3) is 0. The van der Waals surface area contributed by atoms with Gasteiger partial charge in [0.05, 0.1) is 0 Å². The first-order valence-electron chi connectivity index (χ1n) is 7.70. The Morgan fingerprint density at radius 1 is 0.435 bits per heavy atom. The molecule has 5 rings (SSSR count). The van der Waals surface area contributed by atoms with Gasteiger partial charge in [0.25, 0.3) is 0 Å². The topological polar surface area (TPSA) is 0 Å². The van der Waals surface area contributed by atoms with Gasteiger partial charge in [-0.3, -0.25) is 0 Å². The van der Waals surface area contributed by atoms with Crippen molar-refractivity contribution in [1.82, 2.24) is 0 Å². The normalized spacial score (nSPS) is 10.6. The van der Waals surface area contributed by atoms with Crippen LogP contribution in [0.5, 0.6) is 0 Å². The Morgan fingerprint density at radius 3 is 1.57 bits per heavy atom. The number of rotatable bonds is 0. The van der Waals surface area contributed by atoms with E-state index in [-0.39, 0.29) is 0 Å². The van der Waals surface area contributed by atoms with E-state index in [1.54, 1.807) is 0 Å². The van der Waals surface area contributed by atoms with Crippen LogP contribution in [-0.4, -0.2) is 14.5 Å². The van der Waals surface area contributed by atoms with Crippen molar-refractivity contribution in [3.8, 4) is 0 Å². The molecular weight excluding hydrogens is 343 g/mol. The third-order valence-electron chi connectivity index (χ3n) is 4.02. The van der Waals surface area contributed by atoms with E-state index in [4.69, 9.17) is 0 Å². The Morgan fingerprint density at radius 2 is 0.957 bits per heavy atom. The molecule has 0 bridgehead atoms. The Balaban J connectivity index is 0.000000130. The summed E-state index contributed by atoms with van der Waals surface area (Å²) in [5.41, 5.74) is 0. The van der Waals surface area contributed by atoms with E-state index in [0.717, 1.165) is 0 Å². The van der Waals surface area contributed by atoms with Gasteiger partial charge in [0.15, 0.2) is 0 Å². The number of hydrogen-bond donors (Lipinski definition) is 0.